The van der Waals surface area contributed by atoms with Gasteiger partial charge < -0.3 is 9.32 Å². The molecule has 0 saturated carbocycles. The summed E-state index contributed by atoms with van der Waals surface area (Å²) >= 11 is 0. The SMILES string of the molecule is O=C(/C=C/c1ccc([N+](=O)[O-])o1)N1CCN(C/C=C/c2ccccc2)CC1. The molecule has 1 aliphatic rings. The highest BCUT2D eigenvalue weighted by Gasteiger charge is 2.19. The third kappa shape index (κ3) is 5.39. The first-order chi connectivity index (χ1) is 13.1. The second-order valence-electron chi connectivity index (χ2n) is 6.21. The number of hydrogen-bond acceptors (Lipinski definition) is 5. The third-order valence-corrected chi connectivity index (χ3v) is 4.34. The first kappa shape index (κ1) is 18.6. The van der Waals surface area contributed by atoms with Gasteiger partial charge in [-0.05, 0) is 17.7 Å². The van der Waals surface area contributed by atoms with Crippen LogP contribution < -0.4 is 0 Å². The number of nitro groups is 1. The van der Waals surface area contributed by atoms with Crippen molar-refractivity contribution >= 4 is 23.9 Å². The lowest BCUT2D eigenvalue weighted by atomic mass is 10.2. The number of piperazine rings is 1. The van der Waals surface area contributed by atoms with Crippen LogP contribution in [0.5, 0.6) is 0 Å². The van der Waals surface area contributed by atoms with E-state index in [2.05, 4.69) is 29.2 Å². The highest BCUT2D eigenvalue weighted by molar-refractivity contribution is 5.91. The Labute approximate surface area is 157 Å². The molecule has 0 spiro atoms. The van der Waals surface area contributed by atoms with Gasteiger partial charge in [-0.3, -0.25) is 19.8 Å². The fourth-order valence-corrected chi connectivity index (χ4v) is 2.84. The number of nitrogens with zero attached hydrogens (tertiary/aromatic N) is 3. The van der Waals surface area contributed by atoms with Crippen molar-refractivity contribution in [3.8, 4) is 0 Å². The van der Waals surface area contributed by atoms with Crippen molar-refractivity contribution in [1.29, 1.82) is 0 Å². The van der Waals surface area contributed by atoms with Crippen molar-refractivity contribution < 1.29 is 14.1 Å². The standard InChI is InChI=1S/C20H21N3O4/c24-19(10-8-18-9-11-20(27-18)23(25)26)22-15-13-21(14-16-22)12-4-7-17-5-2-1-3-6-17/h1-11H,12-16H2/b7-4+,10-8+. The zero-order chi connectivity index (χ0) is 19.1. The number of amides is 1. The van der Waals surface area contributed by atoms with Crippen LogP contribution in [-0.2, 0) is 4.79 Å². The Bertz CT molecular complexity index is 834. The zero-order valence-electron chi connectivity index (χ0n) is 14.9. The van der Waals surface area contributed by atoms with Crippen LogP contribution in [0.3, 0.4) is 0 Å². The molecule has 3 rings (SSSR count). The Morgan fingerprint density at radius 2 is 1.81 bits per heavy atom. The third-order valence-electron chi connectivity index (χ3n) is 4.34. The smallest absolute Gasteiger partial charge is 0.401 e. The zero-order valence-corrected chi connectivity index (χ0v) is 14.9. The summed E-state index contributed by atoms with van der Waals surface area (Å²) in [4.78, 5) is 26.3. The maximum Gasteiger partial charge on any atom is 0.433 e. The van der Waals surface area contributed by atoms with Crippen LogP contribution >= 0.6 is 0 Å². The minimum absolute atomic E-state index is 0.117. The van der Waals surface area contributed by atoms with E-state index < -0.39 is 4.92 Å². The number of rotatable bonds is 6. The first-order valence-electron chi connectivity index (χ1n) is 8.77. The van der Waals surface area contributed by atoms with E-state index in [1.165, 1.54) is 29.8 Å². The van der Waals surface area contributed by atoms with Crippen molar-refractivity contribution in [3.05, 3.63) is 76.1 Å². The van der Waals surface area contributed by atoms with E-state index in [4.69, 9.17) is 4.42 Å². The van der Waals surface area contributed by atoms with Crippen molar-refractivity contribution in [2.75, 3.05) is 32.7 Å². The number of carbonyl (C=O) groups excluding carboxylic acids is 1. The summed E-state index contributed by atoms with van der Waals surface area (Å²) in [7, 11) is 0. The molecule has 0 atom stereocenters. The molecular weight excluding hydrogens is 346 g/mol. The van der Waals surface area contributed by atoms with Gasteiger partial charge in [0.05, 0.1) is 6.07 Å². The molecule has 140 valence electrons. The van der Waals surface area contributed by atoms with Crippen LogP contribution in [0.25, 0.3) is 12.2 Å². The van der Waals surface area contributed by atoms with E-state index in [0.717, 1.165) is 19.6 Å². The summed E-state index contributed by atoms with van der Waals surface area (Å²) in [5.41, 5.74) is 1.18. The van der Waals surface area contributed by atoms with Gasteiger partial charge in [0.2, 0.25) is 5.91 Å². The normalized spacial score (nSPS) is 15.6. The minimum atomic E-state index is -0.607. The van der Waals surface area contributed by atoms with Crippen molar-refractivity contribution in [2.24, 2.45) is 0 Å². The molecule has 1 saturated heterocycles. The molecule has 7 heteroatoms. The molecule has 1 amide bonds. The molecule has 27 heavy (non-hydrogen) atoms. The van der Waals surface area contributed by atoms with Crippen molar-refractivity contribution in [1.82, 2.24) is 9.80 Å². The van der Waals surface area contributed by atoms with Gasteiger partial charge in [-0.25, -0.2) is 0 Å². The van der Waals surface area contributed by atoms with E-state index in [-0.39, 0.29) is 11.8 Å². The van der Waals surface area contributed by atoms with E-state index in [9.17, 15) is 14.9 Å². The number of benzene rings is 1. The van der Waals surface area contributed by atoms with Crippen LogP contribution in [0.15, 0.2) is 59.0 Å². The Kier molecular flexibility index (Phi) is 6.17. The minimum Gasteiger partial charge on any atom is -0.401 e. The number of furan rings is 1. The molecule has 2 heterocycles. The van der Waals surface area contributed by atoms with Crippen molar-refractivity contribution in [3.63, 3.8) is 0 Å². The summed E-state index contributed by atoms with van der Waals surface area (Å²) in [5.74, 6) is -0.160. The summed E-state index contributed by atoms with van der Waals surface area (Å²) < 4.78 is 5.01. The maximum absolute atomic E-state index is 12.2. The second-order valence-corrected chi connectivity index (χ2v) is 6.21. The molecular formula is C20H21N3O4. The summed E-state index contributed by atoms with van der Waals surface area (Å²) in [6, 6.07) is 12.9. The molecule has 7 nitrogen and oxygen atoms in total. The van der Waals surface area contributed by atoms with Gasteiger partial charge in [0.15, 0.2) is 0 Å². The van der Waals surface area contributed by atoms with Crippen LogP contribution in [-0.4, -0.2) is 53.4 Å². The molecule has 1 fully saturated rings. The van der Waals surface area contributed by atoms with Gasteiger partial charge in [0.1, 0.15) is 10.7 Å². The van der Waals surface area contributed by atoms with E-state index >= 15 is 0 Å². The number of hydrogen-bond donors (Lipinski definition) is 0. The fourth-order valence-electron chi connectivity index (χ4n) is 2.84. The lowest BCUT2D eigenvalue weighted by Gasteiger charge is -2.33. The molecule has 0 aliphatic carbocycles. The Morgan fingerprint density at radius 3 is 2.48 bits per heavy atom. The van der Waals surface area contributed by atoms with E-state index in [1.54, 1.807) is 4.90 Å². The topological polar surface area (TPSA) is 79.8 Å². The van der Waals surface area contributed by atoms with Crippen molar-refractivity contribution in [2.45, 2.75) is 0 Å². The largest absolute Gasteiger partial charge is 0.433 e. The van der Waals surface area contributed by atoms with E-state index in [1.807, 2.05) is 18.2 Å². The lowest BCUT2D eigenvalue weighted by Crippen LogP contribution is -2.48. The quantitative estimate of drug-likeness (QED) is 0.445. The van der Waals surface area contributed by atoms with Gasteiger partial charge >= 0.3 is 5.88 Å². The molecule has 1 aromatic carbocycles. The Hall–Kier alpha value is -3.19. The van der Waals surface area contributed by atoms with Gasteiger partial charge in [-0.1, -0.05) is 42.5 Å². The predicted octanol–water partition coefficient (Wildman–Crippen LogP) is 3.06. The first-order valence-corrected chi connectivity index (χ1v) is 8.77. The van der Waals surface area contributed by atoms with Crippen LogP contribution in [0.2, 0.25) is 0 Å². The lowest BCUT2D eigenvalue weighted by molar-refractivity contribution is -0.402. The molecule has 0 unspecified atom stereocenters. The monoisotopic (exact) mass is 367 g/mol. The molecule has 0 N–H and O–H groups in total. The van der Waals surface area contributed by atoms with Crippen LogP contribution in [0.1, 0.15) is 11.3 Å². The van der Waals surface area contributed by atoms with Gasteiger partial charge in [-0.15, -0.1) is 0 Å². The molecule has 0 radical (unpaired) electrons. The number of carbonyl (C=O) groups is 1. The van der Waals surface area contributed by atoms with Crippen LogP contribution in [0, 0.1) is 10.1 Å². The fraction of sp³-hybridized carbons (Fsp3) is 0.250. The van der Waals surface area contributed by atoms with Gasteiger partial charge in [0.25, 0.3) is 0 Å². The highest BCUT2D eigenvalue weighted by atomic mass is 16.6. The maximum atomic E-state index is 12.2. The highest BCUT2D eigenvalue weighted by Crippen LogP contribution is 2.16. The van der Waals surface area contributed by atoms with E-state index in [0.29, 0.717) is 18.8 Å². The molecule has 1 aliphatic heterocycles. The Balaban J connectivity index is 1.44. The van der Waals surface area contributed by atoms with Gasteiger partial charge in [0, 0.05) is 38.8 Å². The summed E-state index contributed by atoms with van der Waals surface area (Å²) in [5, 5.41) is 10.6. The van der Waals surface area contributed by atoms with Crippen LogP contribution in [0.4, 0.5) is 5.88 Å². The molecule has 1 aromatic heterocycles. The molecule has 0 bridgehead atoms. The average molecular weight is 367 g/mol. The predicted molar refractivity (Wildman–Crippen MR) is 103 cm³/mol. The average Bonchev–Trinajstić information content (AvgIpc) is 3.17. The second kappa shape index (κ2) is 8.95. The Morgan fingerprint density at radius 1 is 1.07 bits per heavy atom. The van der Waals surface area contributed by atoms with Gasteiger partial charge in [-0.2, -0.15) is 0 Å². The summed E-state index contributed by atoms with van der Waals surface area (Å²) in [6.07, 6.45) is 7.09. The molecule has 2 aromatic rings. The summed E-state index contributed by atoms with van der Waals surface area (Å²) in [6.45, 7) is 3.78.